The Morgan fingerprint density at radius 2 is 2.12 bits per heavy atom. The normalized spacial score (nSPS) is 11.6. The van der Waals surface area contributed by atoms with Gasteiger partial charge in [-0.25, -0.2) is 4.98 Å². The van der Waals surface area contributed by atoms with Crippen LogP contribution in [0, 0.1) is 0 Å². The zero-order valence-corrected chi connectivity index (χ0v) is 9.44. The van der Waals surface area contributed by atoms with Gasteiger partial charge in [0.1, 0.15) is 5.75 Å². The third-order valence-corrected chi connectivity index (χ3v) is 2.48. The summed E-state index contributed by atoms with van der Waals surface area (Å²) in [6, 6.07) is 3.71. The molecule has 6 nitrogen and oxygen atoms in total. The molecular weight excluding hydrogens is 251 g/mol. The lowest BCUT2D eigenvalue weighted by atomic mass is 10.2. The van der Waals surface area contributed by atoms with Crippen LogP contribution in [0.3, 0.4) is 0 Å². The maximum atomic E-state index is 12.3. The van der Waals surface area contributed by atoms with Crippen molar-refractivity contribution in [2.24, 2.45) is 7.05 Å². The maximum Gasteiger partial charge on any atom is 0.488 e. The van der Waals surface area contributed by atoms with E-state index in [9.17, 15) is 17.1 Å². The lowest BCUT2D eigenvalue weighted by Crippen LogP contribution is -2.16. The molecule has 0 fully saturated rings. The number of hydrogen-bond donors (Lipinski definition) is 0. The van der Waals surface area contributed by atoms with Gasteiger partial charge in [0.2, 0.25) is 0 Å². The highest BCUT2D eigenvalue weighted by Crippen LogP contribution is 2.18. The van der Waals surface area contributed by atoms with Crippen molar-refractivity contribution in [1.29, 1.82) is 0 Å². The first-order chi connectivity index (χ1) is 7.87. The van der Waals surface area contributed by atoms with Crippen LogP contribution in [-0.2, 0) is 17.6 Å². The molecular formula is C9H7FN2O4S. The largest absolute Gasteiger partial charge is 0.488 e. The fourth-order valence-electron chi connectivity index (χ4n) is 1.36. The molecule has 8 heteroatoms. The molecule has 1 aromatic heterocycles. The maximum absolute atomic E-state index is 12.3. The number of nitrogens with zero attached hydrogens (tertiary/aromatic N) is 2. The van der Waals surface area contributed by atoms with Crippen LogP contribution in [0.25, 0.3) is 10.9 Å². The van der Waals surface area contributed by atoms with Gasteiger partial charge in [-0.15, -0.1) is 0 Å². The summed E-state index contributed by atoms with van der Waals surface area (Å²) in [6.07, 6.45) is 1.33. The first-order valence-corrected chi connectivity index (χ1v) is 5.77. The Morgan fingerprint density at radius 3 is 2.76 bits per heavy atom. The molecule has 17 heavy (non-hydrogen) atoms. The van der Waals surface area contributed by atoms with E-state index < -0.39 is 10.5 Å². The number of fused-ring (bicyclic) bond motifs is 1. The van der Waals surface area contributed by atoms with Gasteiger partial charge in [0.25, 0.3) is 5.56 Å². The summed E-state index contributed by atoms with van der Waals surface area (Å²) in [4.78, 5) is 15.6. The Kier molecular flexibility index (Phi) is 2.58. The predicted molar refractivity (Wildman–Crippen MR) is 57.6 cm³/mol. The number of benzene rings is 1. The minimum Gasteiger partial charge on any atom is -0.358 e. The molecule has 90 valence electrons. The Morgan fingerprint density at radius 1 is 1.41 bits per heavy atom. The van der Waals surface area contributed by atoms with Gasteiger partial charge in [0.15, 0.2) is 0 Å². The summed E-state index contributed by atoms with van der Waals surface area (Å²) < 4.78 is 38.2. The number of aromatic nitrogens is 2. The van der Waals surface area contributed by atoms with Gasteiger partial charge in [-0.2, -0.15) is 8.42 Å². The van der Waals surface area contributed by atoms with Crippen molar-refractivity contribution in [3.63, 3.8) is 0 Å². The average Bonchev–Trinajstić information content (AvgIpc) is 2.22. The van der Waals surface area contributed by atoms with Crippen molar-refractivity contribution in [3.8, 4) is 5.75 Å². The van der Waals surface area contributed by atoms with Crippen LogP contribution >= 0.6 is 0 Å². The molecule has 0 atom stereocenters. The van der Waals surface area contributed by atoms with Gasteiger partial charge < -0.3 is 8.75 Å². The average molecular weight is 258 g/mol. The minimum atomic E-state index is -5.10. The quantitative estimate of drug-likeness (QED) is 0.734. The lowest BCUT2D eigenvalue weighted by molar-refractivity contribution is 0.440. The van der Waals surface area contributed by atoms with Crippen molar-refractivity contribution < 1.29 is 16.5 Å². The molecule has 0 radical (unpaired) electrons. The molecule has 0 saturated heterocycles. The van der Waals surface area contributed by atoms with Gasteiger partial charge in [-0.05, 0) is 18.2 Å². The fraction of sp³-hybridized carbons (Fsp3) is 0.111. The van der Waals surface area contributed by atoms with E-state index in [-0.39, 0.29) is 16.7 Å². The highest BCUT2D eigenvalue weighted by molar-refractivity contribution is 7.81. The van der Waals surface area contributed by atoms with Crippen molar-refractivity contribution in [2.75, 3.05) is 0 Å². The topological polar surface area (TPSA) is 78.3 Å². The smallest absolute Gasteiger partial charge is 0.358 e. The Balaban J connectivity index is 2.65. The van der Waals surface area contributed by atoms with Crippen molar-refractivity contribution in [2.45, 2.75) is 0 Å². The van der Waals surface area contributed by atoms with Crippen molar-refractivity contribution in [1.82, 2.24) is 9.55 Å². The van der Waals surface area contributed by atoms with Crippen LogP contribution in [0.5, 0.6) is 5.75 Å². The highest BCUT2D eigenvalue weighted by Gasteiger charge is 2.11. The molecule has 0 aliphatic heterocycles. The molecule has 0 aliphatic rings. The third-order valence-electron chi connectivity index (χ3n) is 2.08. The van der Waals surface area contributed by atoms with E-state index in [2.05, 4.69) is 9.17 Å². The molecule has 0 amide bonds. The summed E-state index contributed by atoms with van der Waals surface area (Å²) in [5.74, 6) is -0.273. The van der Waals surface area contributed by atoms with E-state index in [4.69, 9.17) is 0 Å². The van der Waals surface area contributed by atoms with E-state index in [1.54, 1.807) is 0 Å². The summed E-state index contributed by atoms with van der Waals surface area (Å²) in [5, 5.41) is 0.149. The van der Waals surface area contributed by atoms with Gasteiger partial charge in [-0.3, -0.25) is 4.79 Å². The predicted octanol–water partition coefficient (Wildman–Crippen LogP) is 0.527. The number of hydrogen-bond acceptors (Lipinski definition) is 5. The molecule has 0 saturated carbocycles. The molecule has 0 N–H and O–H groups in total. The molecule has 2 aromatic rings. The molecule has 1 heterocycles. The van der Waals surface area contributed by atoms with E-state index >= 15 is 0 Å². The highest BCUT2D eigenvalue weighted by atomic mass is 32.3. The molecule has 0 spiro atoms. The first kappa shape index (κ1) is 11.5. The third kappa shape index (κ3) is 2.41. The number of aryl methyl sites for hydroxylation is 1. The lowest BCUT2D eigenvalue weighted by Gasteiger charge is -2.03. The monoisotopic (exact) mass is 258 g/mol. The second-order valence-corrected chi connectivity index (χ2v) is 4.27. The van der Waals surface area contributed by atoms with Gasteiger partial charge in [0, 0.05) is 7.05 Å². The van der Waals surface area contributed by atoms with Gasteiger partial charge >= 0.3 is 10.5 Å². The summed E-state index contributed by atoms with van der Waals surface area (Å²) in [6.45, 7) is 0. The standard InChI is InChI=1S/C9H7FN2O4S/c1-12-5-11-8-3-2-6(16-17(10,14)15)4-7(8)9(12)13/h2-5H,1H3. The summed E-state index contributed by atoms with van der Waals surface area (Å²) in [7, 11) is -3.60. The van der Waals surface area contributed by atoms with Crippen molar-refractivity contribution in [3.05, 3.63) is 34.9 Å². The van der Waals surface area contributed by atoms with Crippen molar-refractivity contribution >= 4 is 21.4 Å². The zero-order chi connectivity index (χ0) is 12.6. The molecule has 2 rings (SSSR count). The van der Waals surface area contributed by atoms with Gasteiger partial charge in [-0.1, -0.05) is 3.89 Å². The number of halogens is 1. The second kappa shape index (κ2) is 3.81. The SMILES string of the molecule is Cn1cnc2ccc(OS(=O)(=O)F)cc2c1=O. The van der Waals surface area contributed by atoms with Crippen LogP contribution in [0.15, 0.2) is 29.3 Å². The van der Waals surface area contributed by atoms with E-state index in [0.29, 0.717) is 5.52 Å². The Hall–Kier alpha value is -1.96. The van der Waals surface area contributed by atoms with E-state index in [0.717, 1.165) is 6.07 Å². The Bertz CT molecular complexity index is 738. The molecule has 0 bridgehead atoms. The van der Waals surface area contributed by atoms with E-state index in [1.165, 1.54) is 30.1 Å². The van der Waals surface area contributed by atoms with Crippen LogP contribution in [0.2, 0.25) is 0 Å². The first-order valence-electron chi connectivity index (χ1n) is 4.46. The molecule has 0 unspecified atom stereocenters. The molecule has 0 aliphatic carbocycles. The summed E-state index contributed by atoms with van der Waals surface area (Å²) >= 11 is 0. The molecule has 1 aromatic carbocycles. The number of rotatable bonds is 2. The van der Waals surface area contributed by atoms with Gasteiger partial charge in [0.05, 0.1) is 17.2 Å². The Labute approximate surface area is 95.7 Å². The van der Waals surface area contributed by atoms with Crippen LogP contribution in [-0.4, -0.2) is 18.0 Å². The zero-order valence-electron chi connectivity index (χ0n) is 8.62. The van der Waals surface area contributed by atoms with Crippen LogP contribution < -0.4 is 9.74 Å². The second-order valence-electron chi connectivity index (χ2n) is 3.32. The van der Waals surface area contributed by atoms with Crippen LogP contribution in [0.1, 0.15) is 0 Å². The summed E-state index contributed by atoms with van der Waals surface area (Å²) in [5.41, 5.74) is -0.00610. The minimum absolute atomic E-state index is 0.149. The fourth-order valence-corrected chi connectivity index (χ4v) is 1.69. The van der Waals surface area contributed by atoms with Crippen LogP contribution in [0.4, 0.5) is 3.89 Å². The van der Waals surface area contributed by atoms with E-state index in [1.807, 2.05) is 0 Å².